The van der Waals surface area contributed by atoms with Crippen LogP contribution >= 0.6 is 0 Å². The van der Waals surface area contributed by atoms with E-state index in [0.29, 0.717) is 30.0 Å². The maximum absolute atomic E-state index is 13.0. The summed E-state index contributed by atoms with van der Waals surface area (Å²) < 4.78 is 7.01. The van der Waals surface area contributed by atoms with Crippen molar-refractivity contribution in [3.8, 4) is 0 Å². The zero-order valence-corrected chi connectivity index (χ0v) is 14.9. The van der Waals surface area contributed by atoms with Crippen LogP contribution in [0.1, 0.15) is 46.0 Å². The van der Waals surface area contributed by atoms with Crippen molar-refractivity contribution < 1.29 is 14.3 Å². The average molecular weight is 328 g/mol. The molecule has 24 heavy (non-hydrogen) atoms. The van der Waals surface area contributed by atoms with Gasteiger partial charge in [0, 0.05) is 25.0 Å². The number of amides is 1. The molecular weight excluding hydrogens is 304 g/mol. The number of benzene rings is 1. The Morgan fingerprint density at radius 1 is 1.12 bits per heavy atom. The van der Waals surface area contributed by atoms with Gasteiger partial charge in [-0.25, -0.2) is 4.79 Å². The van der Waals surface area contributed by atoms with Crippen molar-refractivity contribution in [1.82, 2.24) is 4.57 Å². The number of esters is 1. The van der Waals surface area contributed by atoms with Crippen molar-refractivity contribution in [3.63, 3.8) is 0 Å². The van der Waals surface area contributed by atoms with Gasteiger partial charge in [-0.1, -0.05) is 18.2 Å². The second-order valence-electron chi connectivity index (χ2n) is 5.60. The molecule has 5 nitrogen and oxygen atoms in total. The molecule has 0 saturated heterocycles. The van der Waals surface area contributed by atoms with E-state index in [1.54, 1.807) is 25.8 Å². The summed E-state index contributed by atoms with van der Waals surface area (Å²) in [5.74, 6) is -0.518. The fourth-order valence-electron chi connectivity index (χ4n) is 3.00. The molecule has 2 aromatic rings. The Morgan fingerprint density at radius 3 is 2.29 bits per heavy atom. The summed E-state index contributed by atoms with van der Waals surface area (Å²) in [6.45, 7) is 8.30. The molecule has 0 bridgehead atoms. The molecule has 2 rings (SSSR count). The standard InChI is InChI=1S/C19H24N2O3/c1-6-21-14(4)16(13(3)17(21)19(23)24-7-2)18(22)20(5)15-11-9-8-10-12-15/h8-12H,6-7H2,1-5H3. The topological polar surface area (TPSA) is 51.5 Å². The van der Waals surface area contributed by atoms with E-state index >= 15 is 0 Å². The first kappa shape index (κ1) is 17.8. The Morgan fingerprint density at radius 2 is 1.75 bits per heavy atom. The molecule has 0 unspecified atom stereocenters. The van der Waals surface area contributed by atoms with Crippen LogP contribution in [-0.4, -0.2) is 30.1 Å². The van der Waals surface area contributed by atoms with E-state index < -0.39 is 0 Å². The second-order valence-corrected chi connectivity index (χ2v) is 5.60. The molecule has 0 aliphatic heterocycles. The van der Waals surface area contributed by atoms with Gasteiger partial charge in [0.2, 0.25) is 0 Å². The van der Waals surface area contributed by atoms with Gasteiger partial charge in [-0.2, -0.15) is 0 Å². The number of anilines is 1. The average Bonchev–Trinajstić information content (AvgIpc) is 2.84. The number of rotatable bonds is 5. The third-order valence-corrected chi connectivity index (χ3v) is 4.21. The largest absolute Gasteiger partial charge is 0.461 e. The van der Waals surface area contributed by atoms with Gasteiger partial charge in [0.1, 0.15) is 5.69 Å². The molecule has 0 radical (unpaired) electrons. The Hall–Kier alpha value is -2.56. The van der Waals surface area contributed by atoms with Crippen LogP contribution in [-0.2, 0) is 11.3 Å². The number of para-hydroxylation sites is 1. The van der Waals surface area contributed by atoms with Crippen molar-refractivity contribution in [2.75, 3.05) is 18.6 Å². The molecule has 0 spiro atoms. The molecule has 0 aliphatic rings. The van der Waals surface area contributed by atoms with Crippen LogP contribution in [0.4, 0.5) is 5.69 Å². The van der Waals surface area contributed by atoms with Gasteiger partial charge in [-0.05, 0) is 45.4 Å². The quantitative estimate of drug-likeness (QED) is 0.788. The number of ether oxygens (including phenoxy) is 1. The molecule has 0 fully saturated rings. The molecular formula is C19H24N2O3. The fourth-order valence-corrected chi connectivity index (χ4v) is 3.00. The third-order valence-electron chi connectivity index (χ3n) is 4.21. The van der Waals surface area contributed by atoms with Crippen LogP contribution in [0.2, 0.25) is 0 Å². The van der Waals surface area contributed by atoms with Gasteiger partial charge in [0.05, 0.1) is 12.2 Å². The van der Waals surface area contributed by atoms with Crippen LogP contribution in [0.5, 0.6) is 0 Å². The summed E-state index contributed by atoms with van der Waals surface area (Å²) in [6, 6.07) is 9.45. The lowest BCUT2D eigenvalue weighted by Gasteiger charge is -2.18. The number of carbonyl (C=O) groups is 2. The highest BCUT2D eigenvalue weighted by molar-refractivity contribution is 6.09. The molecule has 1 amide bonds. The minimum atomic E-state index is -0.388. The van der Waals surface area contributed by atoms with Crippen LogP contribution in [0.15, 0.2) is 30.3 Å². The summed E-state index contributed by atoms with van der Waals surface area (Å²) in [6.07, 6.45) is 0. The Bertz CT molecular complexity index is 748. The minimum Gasteiger partial charge on any atom is -0.461 e. The van der Waals surface area contributed by atoms with Crippen molar-refractivity contribution >= 4 is 17.6 Å². The van der Waals surface area contributed by atoms with Crippen molar-refractivity contribution in [3.05, 3.63) is 52.8 Å². The maximum Gasteiger partial charge on any atom is 0.355 e. The zero-order valence-electron chi connectivity index (χ0n) is 14.9. The van der Waals surface area contributed by atoms with Crippen LogP contribution in [0.3, 0.4) is 0 Å². The molecule has 1 heterocycles. The van der Waals surface area contributed by atoms with E-state index in [4.69, 9.17) is 4.74 Å². The van der Waals surface area contributed by atoms with E-state index in [1.807, 2.05) is 48.7 Å². The lowest BCUT2D eigenvalue weighted by atomic mass is 10.1. The molecule has 0 N–H and O–H groups in total. The summed E-state index contributed by atoms with van der Waals surface area (Å²) in [5.41, 5.74) is 3.28. The molecule has 0 aliphatic carbocycles. The Kier molecular flexibility index (Phi) is 5.44. The van der Waals surface area contributed by atoms with Gasteiger partial charge in [0.25, 0.3) is 5.91 Å². The summed E-state index contributed by atoms with van der Waals surface area (Å²) in [7, 11) is 1.74. The lowest BCUT2D eigenvalue weighted by Crippen LogP contribution is -2.27. The molecule has 1 aromatic heterocycles. The van der Waals surface area contributed by atoms with E-state index in [2.05, 4.69) is 0 Å². The van der Waals surface area contributed by atoms with Gasteiger partial charge < -0.3 is 14.2 Å². The number of hydrogen-bond acceptors (Lipinski definition) is 3. The highest BCUT2D eigenvalue weighted by Gasteiger charge is 2.28. The Labute approximate surface area is 142 Å². The Balaban J connectivity index is 2.51. The van der Waals surface area contributed by atoms with E-state index in [0.717, 1.165) is 11.4 Å². The van der Waals surface area contributed by atoms with Gasteiger partial charge in [-0.3, -0.25) is 4.79 Å². The van der Waals surface area contributed by atoms with Gasteiger partial charge in [-0.15, -0.1) is 0 Å². The summed E-state index contributed by atoms with van der Waals surface area (Å²) in [4.78, 5) is 26.9. The monoisotopic (exact) mass is 328 g/mol. The maximum atomic E-state index is 13.0. The van der Waals surface area contributed by atoms with Crippen molar-refractivity contribution in [2.24, 2.45) is 0 Å². The number of carbonyl (C=O) groups excluding carboxylic acids is 2. The molecule has 0 saturated carbocycles. The number of hydrogen-bond donors (Lipinski definition) is 0. The van der Waals surface area contributed by atoms with E-state index in [1.165, 1.54) is 0 Å². The van der Waals surface area contributed by atoms with E-state index in [-0.39, 0.29) is 11.9 Å². The highest BCUT2D eigenvalue weighted by Crippen LogP contribution is 2.26. The molecule has 128 valence electrons. The van der Waals surface area contributed by atoms with Gasteiger partial charge >= 0.3 is 5.97 Å². The summed E-state index contributed by atoms with van der Waals surface area (Å²) >= 11 is 0. The number of nitrogens with zero attached hydrogens (tertiary/aromatic N) is 2. The third kappa shape index (κ3) is 3.07. The summed E-state index contributed by atoms with van der Waals surface area (Å²) in [5, 5.41) is 0. The lowest BCUT2D eigenvalue weighted by molar-refractivity contribution is 0.0512. The van der Waals surface area contributed by atoms with Crippen LogP contribution in [0, 0.1) is 13.8 Å². The predicted octanol–water partition coefficient (Wildman–Crippen LogP) is 3.58. The van der Waals surface area contributed by atoms with Crippen LogP contribution in [0.25, 0.3) is 0 Å². The predicted molar refractivity (Wildman–Crippen MR) is 94.7 cm³/mol. The highest BCUT2D eigenvalue weighted by atomic mass is 16.5. The minimum absolute atomic E-state index is 0.131. The first-order valence-electron chi connectivity index (χ1n) is 8.13. The normalized spacial score (nSPS) is 10.5. The zero-order chi connectivity index (χ0) is 17.9. The molecule has 0 atom stereocenters. The number of aromatic nitrogens is 1. The molecule has 5 heteroatoms. The van der Waals surface area contributed by atoms with Crippen molar-refractivity contribution in [1.29, 1.82) is 0 Å². The SMILES string of the molecule is CCOC(=O)c1c(C)c(C(=O)N(C)c2ccccc2)c(C)n1CC. The van der Waals surface area contributed by atoms with Gasteiger partial charge in [0.15, 0.2) is 0 Å². The van der Waals surface area contributed by atoms with Crippen LogP contribution < -0.4 is 4.90 Å². The van der Waals surface area contributed by atoms with Crippen molar-refractivity contribution in [2.45, 2.75) is 34.2 Å². The fraction of sp³-hybridized carbons (Fsp3) is 0.368. The second kappa shape index (κ2) is 7.34. The smallest absolute Gasteiger partial charge is 0.355 e. The molecule has 1 aromatic carbocycles. The first-order chi connectivity index (χ1) is 11.4. The van der Waals surface area contributed by atoms with E-state index in [9.17, 15) is 9.59 Å². The first-order valence-corrected chi connectivity index (χ1v) is 8.13.